The number of hydrogen-bond donors (Lipinski definition) is 14. The lowest BCUT2D eigenvalue weighted by Gasteiger charge is -2.26. The zero-order valence-corrected chi connectivity index (χ0v) is 89.7. The normalized spacial score (nSPS) is 11.4. The molecule has 0 bridgehead atoms. The summed E-state index contributed by atoms with van der Waals surface area (Å²) in [5, 5.41) is 152. The largest absolute Gasteiger partial charge is 0.507 e. The molecule has 0 heterocycles. The fourth-order valence-electron chi connectivity index (χ4n) is 13.7. The number of benzene rings is 14. The number of halogens is 1. The van der Waals surface area contributed by atoms with Crippen LogP contribution in [0.4, 0.5) is 4.39 Å². The van der Waals surface area contributed by atoms with Gasteiger partial charge in [-0.25, -0.2) is 4.39 Å². The Morgan fingerprint density at radius 1 is 0.245 bits per heavy atom. The Bertz CT molecular complexity index is 6290. The maximum atomic E-state index is 13.2. The lowest BCUT2D eigenvalue weighted by molar-refractivity contribution is 0.282. The standard InChI is InChI=1S/C19H29O2PSi2.C15H16FO4P.C15H17O4P.2C15H17O3P.2C14H15O3P/c1-23(2,3)15-11-17(19(21)18(12-15)24(4,5)6)22-16-10-8-7-9-14(16)13-20;1-19-11-6-12(20-2)15(18)14(7-11)21-13-4-3-10(16)5-9(13)8-17;1-18-11-7-12(19-2)15(17)14(8-11)20-13-6-4-3-5-10(13)9-16;1-10-3-6-14(11(7-10)9-16)19-15-8-12(18-2)4-5-13(15)17;1-10-5-3-6-11(9-16)15(10)19-13-8-4-7-12(18-2)14(13)17;1-17-11-6-4-8-13(14(11)16)18-12-7-3-2-5-10(12)9-15;1-17-11-6-7-12(16)14(8-11)18-13-5-3-2-4-10(13)9-15/h7-12,20-22H,13H2,1-6H3;3-7,17-18,21H,8H2,1-2H3;3-8,16-17,20H,9H2,1-2H3;2*3-8,16-17,19H,9H2,1-2H3;2*2-8,15-16,18H,9H2,1H3. The second-order valence-electron chi connectivity index (χ2n) is 33.0. The van der Waals surface area contributed by atoms with Crippen LogP contribution in [0.15, 0.2) is 261 Å². The van der Waals surface area contributed by atoms with Crippen molar-refractivity contribution in [3.63, 3.8) is 0 Å². The van der Waals surface area contributed by atoms with Gasteiger partial charge < -0.3 is 109 Å². The molecule has 14 aromatic carbocycles. The first-order chi connectivity index (χ1) is 66.6. The maximum Gasteiger partial charge on any atom is 0.165 e. The first-order valence-corrected chi connectivity index (χ1v) is 57.8. The van der Waals surface area contributed by atoms with Gasteiger partial charge in [0.1, 0.15) is 46.1 Å². The Hall–Kier alpha value is -10.8. The Kier molecular flexibility index (Phi) is 46.2. The minimum absolute atomic E-state index is 0.00784. The van der Waals surface area contributed by atoms with Crippen molar-refractivity contribution >= 4 is 161 Å². The van der Waals surface area contributed by atoms with E-state index in [4.69, 9.17) is 37.9 Å². The van der Waals surface area contributed by atoms with Gasteiger partial charge in [0, 0.05) is 49.3 Å². The van der Waals surface area contributed by atoms with Crippen LogP contribution in [0.5, 0.6) is 86.2 Å². The molecule has 0 aliphatic carbocycles. The SMILES string of the molecule is COc1cc(OC)c(O)c(Pc2ccc(F)cc2CO)c1.COc1cc(OC)c(O)c(Pc2ccccc2CO)c1.COc1ccc(O)c(Pc2ccc(C)cc2CO)c1.COc1ccc(O)c(Pc2ccccc2CO)c1.COc1cccc(Pc2c(C)cccc2CO)c1O.COc1cccc(Pc2ccccc2CO)c1O.C[Si](C)(C)c1cc(Pc2ccccc2CO)c(O)c([Si](C)(C)C)c1. The minimum atomic E-state index is -1.63. The summed E-state index contributed by atoms with van der Waals surface area (Å²) in [4.78, 5) is 0. The monoisotopic (exact) mass is 2050 g/mol. The third-order valence-corrected chi connectivity index (χ3v) is 35.6. The van der Waals surface area contributed by atoms with E-state index in [9.17, 15) is 75.9 Å². The summed E-state index contributed by atoms with van der Waals surface area (Å²) in [6, 6.07) is 79.4. The zero-order valence-electron chi connectivity index (χ0n) is 80.7. The summed E-state index contributed by atoms with van der Waals surface area (Å²) in [5.41, 5.74) is 8.11. The highest BCUT2D eigenvalue weighted by atomic mass is 31.1. The molecule has 0 spiro atoms. The van der Waals surface area contributed by atoms with Crippen LogP contribution >= 0.6 is 60.1 Å². The first kappa shape index (κ1) is 113. The minimum Gasteiger partial charge on any atom is -0.507 e. The Balaban J connectivity index is 0.000000199. The van der Waals surface area contributed by atoms with Crippen LogP contribution in [0.1, 0.15) is 50.1 Å². The van der Waals surface area contributed by atoms with Crippen molar-refractivity contribution in [2.75, 3.05) is 56.9 Å². The predicted molar refractivity (Wildman–Crippen MR) is 584 cm³/mol. The van der Waals surface area contributed by atoms with E-state index in [1.165, 1.54) is 52.9 Å². The molecule has 0 aromatic heterocycles. The number of methoxy groups -OCH3 is 8. The molecule has 139 heavy (non-hydrogen) atoms. The van der Waals surface area contributed by atoms with Crippen LogP contribution in [-0.4, -0.2) is 145 Å². The smallest absolute Gasteiger partial charge is 0.165 e. The van der Waals surface area contributed by atoms with E-state index in [1.54, 1.807) is 88.1 Å². The number of hydrogen-bond acceptors (Lipinski definition) is 22. The molecule has 736 valence electrons. The molecule has 14 N–H and O–H groups in total. The van der Waals surface area contributed by atoms with Gasteiger partial charge in [-0.05, 0) is 173 Å². The van der Waals surface area contributed by atoms with Crippen LogP contribution in [0, 0.1) is 19.7 Å². The number of aliphatic hydroxyl groups excluding tert-OH is 7. The molecule has 14 rings (SSSR count). The number of para-hydroxylation sites is 2. The molecule has 22 nitrogen and oxygen atoms in total. The molecule has 7 unspecified atom stereocenters. The average molecular weight is 2060 g/mol. The van der Waals surface area contributed by atoms with Crippen LogP contribution in [-0.2, 0) is 46.2 Å². The predicted octanol–water partition coefficient (Wildman–Crippen LogP) is 12.5. The Morgan fingerprint density at radius 3 is 0.935 bits per heavy atom. The third kappa shape index (κ3) is 33.1. The van der Waals surface area contributed by atoms with Crippen LogP contribution in [0.25, 0.3) is 0 Å². The van der Waals surface area contributed by atoms with Crippen molar-refractivity contribution in [2.24, 2.45) is 0 Å². The molecule has 0 radical (unpaired) electrons. The Morgan fingerprint density at radius 2 is 0.561 bits per heavy atom. The first-order valence-electron chi connectivity index (χ1n) is 43.8. The van der Waals surface area contributed by atoms with E-state index in [1.807, 2.05) is 178 Å². The van der Waals surface area contributed by atoms with Crippen LogP contribution in [0.2, 0.25) is 39.3 Å². The topological polar surface area (TPSA) is 357 Å². The molecule has 14 aromatic rings. The van der Waals surface area contributed by atoms with Gasteiger partial charge >= 0.3 is 0 Å². The number of rotatable bonds is 31. The maximum absolute atomic E-state index is 13.2. The van der Waals surface area contributed by atoms with E-state index in [0.717, 1.165) is 130 Å². The molecule has 32 heteroatoms. The molecule has 0 aliphatic rings. The molecular weight excluding hydrogens is 1930 g/mol. The van der Waals surface area contributed by atoms with Crippen LogP contribution in [0.3, 0.4) is 0 Å². The fourth-order valence-corrected chi connectivity index (χ4v) is 25.3. The van der Waals surface area contributed by atoms with Gasteiger partial charge in [0.2, 0.25) is 0 Å². The van der Waals surface area contributed by atoms with Crippen molar-refractivity contribution in [1.29, 1.82) is 0 Å². The second-order valence-corrected chi connectivity index (χ2v) is 52.4. The van der Waals surface area contributed by atoms with E-state index in [2.05, 4.69) is 57.5 Å². The van der Waals surface area contributed by atoms with E-state index >= 15 is 0 Å². The van der Waals surface area contributed by atoms with Crippen molar-refractivity contribution in [2.45, 2.75) is 99.4 Å². The highest BCUT2D eigenvalue weighted by molar-refractivity contribution is 7.58. The van der Waals surface area contributed by atoms with E-state index < -0.39 is 22.0 Å². The average Bonchev–Trinajstić information content (AvgIpc) is 0.777. The van der Waals surface area contributed by atoms with Crippen LogP contribution < -0.4 is 123 Å². The van der Waals surface area contributed by atoms with Gasteiger partial charge in [0.05, 0.1) is 119 Å². The number of phenolic OH excluding ortho intramolecular Hbond substituents is 7. The Labute approximate surface area is 828 Å². The van der Waals surface area contributed by atoms with Gasteiger partial charge in [-0.2, -0.15) is 0 Å². The lowest BCUT2D eigenvalue weighted by Crippen LogP contribution is -2.47. The highest BCUT2D eigenvalue weighted by Crippen LogP contribution is 2.38. The number of ether oxygens (including phenoxy) is 8. The lowest BCUT2D eigenvalue weighted by atomic mass is 10.1. The molecule has 0 aliphatic heterocycles. The van der Waals surface area contributed by atoms with Gasteiger partial charge in [-0.15, -0.1) is 0 Å². The summed E-state index contributed by atoms with van der Waals surface area (Å²) >= 11 is 0. The molecule has 7 atom stereocenters. The number of phenols is 7. The van der Waals surface area contributed by atoms with Gasteiger partial charge in [-0.3, -0.25) is 0 Å². The molecular formula is C107H126FO22P7Si2. The zero-order chi connectivity index (χ0) is 102. The fraction of sp³-hybridized carbons (Fsp3) is 0.215. The van der Waals surface area contributed by atoms with E-state index in [-0.39, 0.29) is 115 Å². The summed E-state index contributed by atoms with van der Waals surface area (Å²) < 4.78 is 54.3. The quantitative estimate of drug-likeness (QED) is 0.0142. The summed E-state index contributed by atoms with van der Waals surface area (Å²) in [6.45, 7) is 17.7. The van der Waals surface area contributed by atoms with Gasteiger partial charge in [-0.1, -0.05) is 286 Å². The van der Waals surface area contributed by atoms with E-state index in [0.29, 0.717) is 76.9 Å². The number of aliphatic hydroxyl groups is 7. The number of aromatic hydroxyl groups is 7. The molecule has 0 fully saturated rings. The number of aryl methyl sites for hydroxylation is 2. The summed E-state index contributed by atoms with van der Waals surface area (Å²) in [6.07, 6.45) is 0. The van der Waals surface area contributed by atoms with Gasteiger partial charge in [0.25, 0.3) is 0 Å². The van der Waals surface area contributed by atoms with Crippen molar-refractivity contribution in [3.8, 4) is 86.2 Å². The van der Waals surface area contributed by atoms with Crippen molar-refractivity contribution in [3.05, 3.63) is 317 Å². The van der Waals surface area contributed by atoms with Crippen molar-refractivity contribution < 1.29 is 114 Å². The highest BCUT2D eigenvalue weighted by Gasteiger charge is 2.28. The summed E-state index contributed by atoms with van der Waals surface area (Å²) in [5.74, 6) is 5.32. The van der Waals surface area contributed by atoms with Gasteiger partial charge in [0.15, 0.2) is 46.0 Å². The third-order valence-electron chi connectivity index (χ3n) is 21.5. The van der Waals surface area contributed by atoms with Crippen molar-refractivity contribution in [1.82, 2.24) is 0 Å². The second kappa shape index (κ2) is 56.6. The molecule has 0 saturated carbocycles. The molecule has 0 saturated heterocycles. The summed E-state index contributed by atoms with van der Waals surface area (Å²) in [7, 11) is 11.0. The molecule has 0 amide bonds.